The Balaban J connectivity index is 1.53. The maximum Gasteiger partial charge on any atom is 0.277 e. The zero-order valence-corrected chi connectivity index (χ0v) is 14.2. The molecule has 3 rings (SSSR count). The molecule has 0 atom stereocenters. The maximum atomic E-state index is 6.02. The van der Waals surface area contributed by atoms with E-state index in [4.69, 9.17) is 32.4 Å². The molecule has 0 N–H and O–H groups in total. The van der Waals surface area contributed by atoms with Crippen LogP contribution in [-0.4, -0.2) is 10.2 Å². The number of hydrogen-bond donors (Lipinski definition) is 0. The molecule has 0 bridgehead atoms. The number of para-hydroxylation sites is 1. The van der Waals surface area contributed by atoms with Crippen LogP contribution in [-0.2, 0) is 12.4 Å². The molecule has 1 heterocycles. The van der Waals surface area contributed by atoms with Gasteiger partial charge in [-0.2, -0.15) is 0 Å². The van der Waals surface area contributed by atoms with Gasteiger partial charge in [-0.3, -0.25) is 0 Å². The second-order valence-corrected chi connectivity index (χ2v) is 6.37. The summed E-state index contributed by atoms with van der Waals surface area (Å²) >= 11 is 13.3. The molecule has 23 heavy (non-hydrogen) atoms. The molecule has 1 aromatic heterocycles. The second-order valence-electron chi connectivity index (χ2n) is 4.60. The van der Waals surface area contributed by atoms with Crippen molar-refractivity contribution in [3.05, 3.63) is 70.0 Å². The van der Waals surface area contributed by atoms with E-state index >= 15 is 0 Å². The van der Waals surface area contributed by atoms with E-state index in [-0.39, 0.29) is 6.61 Å². The van der Waals surface area contributed by atoms with Crippen molar-refractivity contribution in [1.82, 2.24) is 10.2 Å². The summed E-state index contributed by atoms with van der Waals surface area (Å²) in [6.07, 6.45) is 0. The Kier molecular flexibility index (Phi) is 5.43. The van der Waals surface area contributed by atoms with Crippen LogP contribution in [0.3, 0.4) is 0 Å². The number of benzene rings is 2. The van der Waals surface area contributed by atoms with Crippen molar-refractivity contribution in [3.8, 4) is 5.75 Å². The van der Waals surface area contributed by atoms with Crippen molar-refractivity contribution in [3.63, 3.8) is 0 Å². The normalized spacial score (nSPS) is 10.7. The second kappa shape index (κ2) is 7.73. The summed E-state index contributed by atoms with van der Waals surface area (Å²) in [5.74, 6) is 1.72. The molecular weight excluding hydrogens is 355 g/mol. The molecule has 3 aromatic rings. The zero-order valence-electron chi connectivity index (χ0n) is 11.9. The largest absolute Gasteiger partial charge is 0.482 e. The van der Waals surface area contributed by atoms with Crippen LogP contribution in [0.4, 0.5) is 0 Å². The van der Waals surface area contributed by atoms with E-state index < -0.39 is 0 Å². The first kappa shape index (κ1) is 16.2. The highest BCUT2D eigenvalue weighted by Crippen LogP contribution is 2.25. The molecule has 4 nitrogen and oxygen atoms in total. The molecule has 2 aromatic carbocycles. The van der Waals surface area contributed by atoms with Crippen LogP contribution in [0.1, 0.15) is 11.5 Å². The molecule has 118 valence electrons. The van der Waals surface area contributed by atoms with Gasteiger partial charge in [-0.1, -0.05) is 59.2 Å². The average Bonchev–Trinajstić information content (AvgIpc) is 3.02. The Bertz CT molecular complexity index is 778. The van der Waals surface area contributed by atoms with Crippen LogP contribution in [0.2, 0.25) is 10.0 Å². The maximum absolute atomic E-state index is 6.02. The molecule has 0 aliphatic heterocycles. The average molecular weight is 367 g/mol. The smallest absolute Gasteiger partial charge is 0.277 e. The van der Waals surface area contributed by atoms with E-state index in [1.807, 2.05) is 36.4 Å². The minimum absolute atomic E-state index is 0.179. The van der Waals surface area contributed by atoms with Crippen molar-refractivity contribution in [2.45, 2.75) is 17.6 Å². The molecule has 0 aliphatic rings. The summed E-state index contributed by atoms with van der Waals surface area (Å²) in [5.41, 5.74) is 1.13. The SMILES string of the molecule is Clc1ccc(CSc2nnc(COc3ccccc3Cl)o2)cc1. The van der Waals surface area contributed by atoms with Crippen LogP contribution in [0.5, 0.6) is 5.75 Å². The predicted octanol–water partition coefficient (Wildman–Crippen LogP) is 5.25. The van der Waals surface area contributed by atoms with Crippen LogP contribution in [0.25, 0.3) is 0 Å². The van der Waals surface area contributed by atoms with E-state index in [9.17, 15) is 0 Å². The van der Waals surface area contributed by atoms with E-state index in [1.54, 1.807) is 12.1 Å². The van der Waals surface area contributed by atoms with Gasteiger partial charge in [0.05, 0.1) is 5.02 Å². The Morgan fingerprint density at radius 1 is 1.00 bits per heavy atom. The number of halogens is 2. The minimum Gasteiger partial charge on any atom is -0.482 e. The van der Waals surface area contributed by atoms with Gasteiger partial charge in [0.2, 0.25) is 0 Å². The molecule has 0 radical (unpaired) electrons. The van der Waals surface area contributed by atoms with Crippen molar-refractivity contribution in [2.75, 3.05) is 0 Å². The van der Waals surface area contributed by atoms with E-state index in [1.165, 1.54) is 11.8 Å². The van der Waals surface area contributed by atoms with Crippen LogP contribution < -0.4 is 4.74 Å². The molecule has 0 saturated heterocycles. The van der Waals surface area contributed by atoms with Gasteiger partial charge in [0.15, 0.2) is 6.61 Å². The minimum atomic E-state index is 0.179. The van der Waals surface area contributed by atoms with Gasteiger partial charge < -0.3 is 9.15 Å². The number of hydrogen-bond acceptors (Lipinski definition) is 5. The highest BCUT2D eigenvalue weighted by molar-refractivity contribution is 7.98. The van der Waals surface area contributed by atoms with Crippen molar-refractivity contribution in [2.24, 2.45) is 0 Å². The molecular formula is C16H12Cl2N2O2S. The summed E-state index contributed by atoms with van der Waals surface area (Å²) in [5, 5.41) is 9.71. The van der Waals surface area contributed by atoms with Crippen molar-refractivity contribution >= 4 is 35.0 Å². The van der Waals surface area contributed by atoms with Crippen molar-refractivity contribution in [1.29, 1.82) is 0 Å². The molecule has 0 saturated carbocycles. The highest BCUT2D eigenvalue weighted by Gasteiger charge is 2.09. The summed E-state index contributed by atoms with van der Waals surface area (Å²) in [7, 11) is 0. The summed E-state index contributed by atoms with van der Waals surface area (Å²) < 4.78 is 11.1. The number of nitrogens with zero attached hydrogens (tertiary/aromatic N) is 2. The van der Waals surface area contributed by atoms with Gasteiger partial charge in [0.25, 0.3) is 11.1 Å². The first-order valence-corrected chi connectivity index (χ1v) is 8.52. The first-order chi connectivity index (χ1) is 11.2. The lowest BCUT2D eigenvalue weighted by Crippen LogP contribution is -1.95. The third-order valence-electron chi connectivity index (χ3n) is 2.91. The lowest BCUT2D eigenvalue weighted by Gasteiger charge is -2.04. The van der Waals surface area contributed by atoms with Crippen molar-refractivity contribution < 1.29 is 9.15 Å². The quantitative estimate of drug-likeness (QED) is 0.557. The molecule has 0 amide bonds. The van der Waals surface area contributed by atoms with Crippen LogP contribution >= 0.6 is 35.0 Å². The van der Waals surface area contributed by atoms with Gasteiger partial charge in [-0.25, -0.2) is 0 Å². The molecule has 0 fully saturated rings. The summed E-state index contributed by atoms with van der Waals surface area (Å²) in [6.45, 7) is 0.179. The fraction of sp³-hybridized carbons (Fsp3) is 0.125. The molecule has 0 spiro atoms. The topological polar surface area (TPSA) is 48.2 Å². The Hall–Kier alpha value is -1.69. The highest BCUT2D eigenvalue weighted by atomic mass is 35.5. The third kappa shape index (κ3) is 4.64. The Morgan fingerprint density at radius 3 is 2.57 bits per heavy atom. The number of rotatable bonds is 6. The Morgan fingerprint density at radius 2 is 1.78 bits per heavy atom. The molecule has 0 unspecified atom stereocenters. The number of ether oxygens (including phenoxy) is 1. The third-order valence-corrected chi connectivity index (χ3v) is 4.37. The van der Waals surface area contributed by atoms with E-state index in [0.717, 1.165) is 16.3 Å². The Labute approximate surface area is 147 Å². The predicted molar refractivity (Wildman–Crippen MR) is 91.1 cm³/mol. The zero-order chi connectivity index (χ0) is 16.1. The summed E-state index contributed by atoms with van der Waals surface area (Å²) in [6, 6.07) is 14.9. The lowest BCUT2D eigenvalue weighted by atomic mass is 10.2. The molecule has 0 aliphatic carbocycles. The summed E-state index contributed by atoms with van der Waals surface area (Å²) in [4.78, 5) is 0. The van der Waals surface area contributed by atoms with Gasteiger partial charge in [-0.15, -0.1) is 10.2 Å². The fourth-order valence-electron chi connectivity index (χ4n) is 1.78. The monoisotopic (exact) mass is 366 g/mol. The van der Waals surface area contributed by atoms with Crippen LogP contribution in [0, 0.1) is 0 Å². The fourth-order valence-corrected chi connectivity index (χ4v) is 2.83. The van der Waals surface area contributed by atoms with Gasteiger partial charge in [-0.05, 0) is 29.8 Å². The van der Waals surface area contributed by atoms with E-state index in [2.05, 4.69) is 10.2 Å². The first-order valence-electron chi connectivity index (χ1n) is 6.77. The molecule has 7 heteroatoms. The number of aromatic nitrogens is 2. The van der Waals surface area contributed by atoms with E-state index in [0.29, 0.717) is 21.9 Å². The standard InChI is InChI=1S/C16H12Cl2N2O2S/c17-12-7-5-11(6-8-12)10-23-16-20-19-15(22-16)9-21-14-4-2-1-3-13(14)18/h1-8H,9-10H2. The van der Waals surface area contributed by atoms with Gasteiger partial charge in [0.1, 0.15) is 5.75 Å². The lowest BCUT2D eigenvalue weighted by molar-refractivity contribution is 0.252. The van der Waals surface area contributed by atoms with Crippen LogP contribution in [0.15, 0.2) is 58.2 Å². The van der Waals surface area contributed by atoms with Gasteiger partial charge in [0, 0.05) is 10.8 Å². The van der Waals surface area contributed by atoms with Gasteiger partial charge >= 0.3 is 0 Å². The number of thioether (sulfide) groups is 1.